The Morgan fingerprint density at radius 1 is 0.833 bits per heavy atom. The Labute approximate surface area is 181 Å². The molecule has 7 heteroatoms. The number of nitrogens with one attached hydrogen (secondary N) is 4. The van der Waals surface area contributed by atoms with E-state index in [2.05, 4.69) is 21.3 Å². The Morgan fingerprint density at radius 3 is 2.13 bits per heavy atom. The summed E-state index contributed by atoms with van der Waals surface area (Å²) in [6, 6.07) is 0.811. The van der Waals surface area contributed by atoms with Gasteiger partial charge in [0.25, 0.3) is 0 Å². The van der Waals surface area contributed by atoms with Crippen LogP contribution in [0.25, 0.3) is 0 Å². The van der Waals surface area contributed by atoms with Crippen molar-refractivity contribution in [3.8, 4) is 0 Å². The summed E-state index contributed by atoms with van der Waals surface area (Å²) in [6.45, 7) is 3.74. The third-order valence-electron chi connectivity index (χ3n) is 7.96. The highest BCUT2D eigenvalue weighted by atomic mass is 16.5. The highest BCUT2D eigenvalue weighted by molar-refractivity contribution is 5.79. The fourth-order valence-corrected chi connectivity index (χ4v) is 5.85. The average molecular weight is 423 g/mol. The molecular weight excluding hydrogens is 380 g/mol. The predicted molar refractivity (Wildman–Crippen MR) is 117 cm³/mol. The summed E-state index contributed by atoms with van der Waals surface area (Å²) in [4.78, 5) is 12.6. The summed E-state index contributed by atoms with van der Waals surface area (Å²) >= 11 is 0. The van der Waals surface area contributed by atoms with Crippen LogP contribution in [0.1, 0.15) is 64.2 Å². The van der Waals surface area contributed by atoms with Gasteiger partial charge in [-0.1, -0.05) is 0 Å². The summed E-state index contributed by atoms with van der Waals surface area (Å²) in [5, 5.41) is 14.4. The van der Waals surface area contributed by atoms with E-state index < -0.39 is 0 Å². The monoisotopic (exact) mass is 422 g/mol. The van der Waals surface area contributed by atoms with Gasteiger partial charge >= 0.3 is 0 Å². The van der Waals surface area contributed by atoms with Gasteiger partial charge in [0, 0.05) is 51.4 Å². The molecule has 2 heterocycles. The lowest BCUT2D eigenvalue weighted by Crippen LogP contribution is -2.63. The first-order valence-electron chi connectivity index (χ1n) is 12.3. The molecule has 4 fully saturated rings. The molecule has 30 heavy (non-hydrogen) atoms. The molecule has 172 valence electrons. The van der Waals surface area contributed by atoms with E-state index in [1.54, 1.807) is 0 Å². The molecule has 2 aliphatic heterocycles. The molecule has 4 rings (SSSR count). The summed E-state index contributed by atoms with van der Waals surface area (Å²) < 4.78 is 10.9. The summed E-state index contributed by atoms with van der Waals surface area (Å²) in [7, 11) is 1.84. The minimum absolute atomic E-state index is 0.185. The van der Waals surface area contributed by atoms with Gasteiger partial charge in [0.05, 0.1) is 6.10 Å². The van der Waals surface area contributed by atoms with Gasteiger partial charge in [-0.25, -0.2) is 0 Å². The maximum absolute atomic E-state index is 12.6. The molecule has 0 aromatic heterocycles. The number of hydrogen-bond acceptors (Lipinski definition) is 6. The van der Waals surface area contributed by atoms with Crippen LogP contribution in [-0.2, 0) is 14.3 Å². The van der Waals surface area contributed by atoms with Crippen LogP contribution in [-0.4, -0.2) is 63.8 Å². The molecule has 0 aromatic carbocycles. The smallest absolute Gasteiger partial charge is 0.223 e. The molecule has 0 spiro atoms. The minimum atomic E-state index is 0.185. The first-order valence-corrected chi connectivity index (χ1v) is 12.3. The first kappa shape index (κ1) is 22.5. The van der Waals surface area contributed by atoms with Crippen molar-refractivity contribution in [1.82, 2.24) is 21.3 Å². The molecule has 0 radical (unpaired) electrons. The third kappa shape index (κ3) is 6.16. The van der Waals surface area contributed by atoms with Crippen LogP contribution in [0.15, 0.2) is 0 Å². The van der Waals surface area contributed by atoms with E-state index in [1.165, 1.54) is 25.7 Å². The van der Waals surface area contributed by atoms with E-state index in [-0.39, 0.29) is 18.1 Å². The summed E-state index contributed by atoms with van der Waals surface area (Å²) in [5.74, 6) is 2.00. The number of amides is 1. The number of rotatable bonds is 6. The Balaban J connectivity index is 1.11. The van der Waals surface area contributed by atoms with E-state index in [0.717, 1.165) is 76.7 Å². The van der Waals surface area contributed by atoms with Crippen LogP contribution in [0.4, 0.5) is 0 Å². The number of carbonyl (C=O) groups is 1. The molecule has 0 atom stereocenters. The molecule has 0 unspecified atom stereocenters. The van der Waals surface area contributed by atoms with Gasteiger partial charge in [0.1, 0.15) is 6.29 Å². The largest absolute Gasteiger partial charge is 0.381 e. The maximum Gasteiger partial charge on any atom is 0.223 e. The standard InChI is InChI=1S/C23H42N4O3/c1-29-21-8-4-16(5-9-21)18-14-24-23(25-15-18)27-19-6-2-17(3-7-19)22(28)26-20-10-12-30-13-11-20/h16-21,23-25,27H,2-15H2,1H3,(H,26,28). The van der Waals surface area contributed by atoms with Gasteiger partial charge in [0.2, 0.25) is 5.91 Å². The number of ether oxygens (including phenoxy) is 2. The van der Waals surface area contributed by atoms with Gasteiger partial charge in [0.15, 0.2) is 0 Å². The van der Waals surface area contributed by atoms with Crippen molar-refractivity contribution in [3.63, 3.8) is 0 Å². The van der Waals surface area contributed by atoms with Gasteiger partial charge in [-0.15, -0.1) is 0 Å². The predicted octanol–water partition coefficient (Wildman–Crippen LogP) is 1.73. The van der Waals surface area contributed by atoms with Crippen molar-refractivity contribution in [2.75, 3.05) is 33.4 Å². The topological polar surface area (TPSA) is 83.7 Å². The Kier molecular flexibility index (Phi) is 8.41. The first-order chi connectivity index (χ1) is 14.7. The van der Waals surface area contributed by atoms with E-state index in [0.29, 0.717) is 18.2 Å². The van der Waals surface area contributed by atoms with Crippen molar-refractivity contribution in [2.24, 2.45) is 17.8 Å². The van der Waals surface area contributed by atoms with Crippen molar-refractivity contribution in [1.29, 1.82) is 0 Å². The van der Waals surface area contributed by atoms with Gasteiger partial charge in [-0.2, -0.15) is 0 Å². The van der Waals surface area contributed by atoms with E-state index in [4.69, 9.17) is 9.47 Å². The lowest BCUT2D eigenvalue weighted by atomic mass is 9.78. The highest BCUT2D eigenvalue weighted by Gasteiger charge is 2.32. The second kappa shape index (κ2) is 11.2. The Hall–Kier alpha value is -0.730. The zero-order chi connectivity index (χ0) is 20.8. The van der Waals surface area contributed by atoms with Crippen LogP contribution in [0.3, 0.4) is 0 Å². The van der Waals surface area contributed by atoms with Crippen LogP contribution < -0.4 is 21.3 Å². The van der Waals surface area contributed by atoms with E-state index in [1.807, 2.05) is 7.11 Å². The minimum Gasteiger partial charge on any atom is -0.381 e. The van der Waals surface area contributed by atoms with Crippen LogP contribution in [0.2, 0.25) is 0 Å². The molecule has 4 N–H and O–H groups in total. The molecule has 7 nitrogen and oxygen atoms in total. The van der Waals surface area contributed by atoms with Crippen LogP contribution in [0.5, 0.6) is 0 Å². The van der Waals surface area contributed by atoms with Crippen LogP contribution in [0, 0.1) is 17.8 Å². The molecule has 0 bridgehead atoms. The molecule has 4 aliphatic rings. The SMILES string of the molecule is COC1CCC(C2CNC(NC3CCC(C(=O)NC4CCOCC4)CC3)NC2)CC1. The number of methoxy groups -OCH3 is 1. The van der Waals surface area contributed by atoms with Crippen molar-refractivity contribution in [2.45, 2.75) is 88.7 Å². The Bertz CT molecular complexity index is 519. The second-order valence-electron chi connectivity index (χ2n) is 9.89. The Morgan fingerprint density at radius 2 is 1.50 bits per heavy atom. The molecule has 2 aliphatic carbocycles. The third-order valence-corrected chi connectivity index (χ3v) is 7.96. The lowest BCUT2D eigenvalue weighted by molar-refractivity contribution is -0.127. The van der Waals surface area contributed by atoms with Crippen molar-refractivity contribution in [3.05, 3.63) is 0 Å². The molecule has 1 amide bonds. The molecule has 2 saturated carbocycles. The summed E-state index contributed by atoms with van der Waals surface area (Å²) in [5.41, 5.74) is 0. The molecule has 2 saturated heterocycles. The fraction of sp³-hybridized carbons (Fsp3) is 0.957. The molecule has 0 aromatic rings. The number of carbonyl (C=O) groups excluding carboxylic acids is 1. The van der Waals surface area contributed by atoms with Gasteiger partial charge in [-0.3, -0.25) is 20.7 Å². The zero-order valence-corrected chi connectivity index (χ0v) is 18.7. The van der Waals surface area contributed by atoms with Gasteiger partial charge in [-0.05, 0) is 76.0 Å². The van der Waals surface area contributed by atoms with Crippen molar-refractivity contribution >= 4 is 5.91 Å². The van der Waals surface area contributed by atoms with E-state index in [9.17, 15) is 4.79 Å². The average Bonchev–Trinajstić information content (AvgIpc) is 2.81. The maximum atomic E-state index is 12.6. The number of hydrogen-bond donors (Lipinski definition) is 4. The van der Waals surface area contributed by atoms with Crippen LogP contribution >= 0.6 is 0 Å². The normalized spacial score (nSPS) is 38.8. The van der Waals surface area contributed by atoms with Gasteiger partial charge < -0.3 is 14.8 Å². The zero-order valence-electron chi connectivity index (χ0n) is 18.7. The van der Waals surface area contributed by atoms with E-state index >= 15 is 0 Å². The lowest BCUT2D eigenvalue weighted by Gasteiger charge is -2.40. The highest BCUT2D eigenvalue weighted by Crippen LogP contribution is 2.32. The summed E-state index contributed by atoms with van der Waals surface area (Å²) in [6.07, 6.45) is 11.8. The second-order valence-corrected chi connectivity index (χ2v) is 9.89. The quantitative estimate of drug-likeness (QED) is 0.522. The fourth-order valence-electron chi connectivity index (χ4n) is 5.85. The van der Waals surface area contributed by atoms with Crippen molar-refractivity contribution < 1.29 is 14.3 Å². The molecular formula is C23H42N4O3.